The number of amides is 2. The molecule has 0 spiro atoms. The first kappa shape index (κ1) is 21.3. The molecule has 156 valence electrons. The summed E-state index contributed by atoms with van der Waals surface area (Å²) < 4.78 is 4.93. The Hall–Kier alpha value is -4.46. The molecule has 8 heteroatoms. The number of hydrogen-bond donors (Lipinski definition) is 2. The van der Waals surface area contributed by atoms with Crippen molar-refractivity contribution in [2.45, 2.75) is 6.92 Å². The summed E-state index contributed by atoms with van der Waals surface area (Å²) in [7, 11) is 0. The maximum atomic E-state index is 12.7. The number of carboxylic acids is 1. The van der Waals surface area contributed by atoms with E-state index < -0.39 is 23.8 Å². The van der Waals surface area contributed by atoms with Gasteiger partial charge in [-0.1, -0.05) is 24.3 Å². The van der Waals surface area contributed by atoms with Gasteiger partial charge < -0.3 is 25.3 Å². The van der Waals surface area contributed by atoms with Crippen LogP contribution in [0.2, 0.25) is 0 Å². The highest BCUT2D eigenvalue weighted by Gasteiger charge is 2.15. The molecule has 0 aliphatic rings. The number of benzene rings is 3. The van der Waals surface area contributed by atoms with Crippen molar-refractivity contribution < 1.29 is 29.0 Å². The molecule has 0 saturated carbocycles. The lowest BCUT2D eigenvalue weighted by Crippen LogP contribution is -2.22. The first-order chi connectivity index (χ1) is 14.8. The zero-order valence-electron chi connectivity index (χ0n) is 16.4. The van der Waals surface area contributed by atoms with Crippen molar-refractivity contribution in [3.63, 3.8) is 0 Å². The summed E-state index contributed by atoms with van der Waals surface area (Å²) >= 11 is 0. The molecule has 8 nitrogen and oxygen atoms in total. The quantitative estimate of drug-likeness (QED) is 0.469. The van der Waals surface area contributed by atoms with Crippen LogP contribution >= 0.6 is 0 Å². The van der Waals surface area contributed by atoms with Gasteiger partial charge in [0.05, 0.1) is 17.2 Å². The van der Waals surface area contributed by atoms with E-state index in [9.17, 15) is 24.3 Å². The van der Waals surface area contributed by atoms with Crippen LogP contribution in [0.4, 0.5) is 11.4 Å². The van der Waals surface area contributed by atoms with Crippen LogP contribution in [0.3, 0.4) is 0 Å². The minimum absolute atomic E-state index is 0.0726. The van der Waals surface area contributed by atoms with Crippen molar-refractivity contribution in [1.29, 1.82) is 0 Å². The Labute approximate surface area is 177 Å². The predicted molar refractivity (Wildman–Crippen MR) is 111 cm³/mol. The van der Waals surface area contributed by atoms with Crippen molar-refractivity contribution >= 4 is 35.1 Å². The molecule has 0 aliphatic heterocycles. The van der Waals surface area contributed by atoms with Gasteiger partial charge in [-0.2, -0.15) is 0 Å². The van der Waals surface area contributed by atoms with E-state index in [1.54, 1.807) is 18.2 Å². The molecule has 0 aliphatic carbocycles. The number of ether oxygens (including phenoxy) is 1. The standard InChI is InChI=1S/C23H18N2O6/c1-14(26)31-18-11-9-15(10-12-18)21(27)25-20-8-3-2-7-19(20)22(28)24-17-6-4-5-16(13-17)23(29)30/h2-13H,1H3,(H,24,28)(H,25,27)(H,29,30)/p-1. The molecule has 0 atom stereocenters. The van der Waals surface area contributed by atoms with Crippen LogP contribution in [-0.4, -0.2) is 23.8 Å². The van der Waals surface area contributed by atoms with Gasteiger partial charge in [0.2, 0.25) is 0 Å². The Morgan fingerprint density at radius 2 is 1.48 bits per heavy atom. The van der Waals surface area contributed by atoms with E-state index in [4.69, 9.17) is 4.74 Å². The Kier molecular flexibility index (Phi) is 6.42. The molecule has 0 fully saturated rings. The van der Waals surface area contributed by atoms with Crippen LogP contribution in [0, 0.1) is 0 Å². The predicted octanol–water partition coefficient (Wildman–Crippen LogP) is 2.48. The van der Waals surface area contributed by atoms with Gasteiger partial charge in [0.15, 0.2) is 0 Å². The lowest BCUT2D eigenvalue weighted by molar-refractivity contribution is -0.255. The monoisotopic (exact) mass is 417 g/mol. The molecule has 0 heterocycles. The van der Waals surface area contributed by atoms with Gasteiger partial charge in [-0.25, -0.2) is 0 Å². The normalized spacial score (nSPS) is 10.1. The van der Waals surface area contributed by atoms with Crippen LogP contribution in [0.25, 0.3) is 0 Å². The van der Waals surface area contributed by atoms with E-state index >= 15 is 0 Å². The Balaban J connectivity index is 1.76. The van der Waals surface area contributed by atoms with Crippen molar-refractivity contribution in [3.05, 3.63) is 89.5 Å². The van der Waals surface area contributed by atoms with Crippen LogP contribution in [0.5, 0.6) is 5.75 Å². The third kappa shape index (κ3) is 5.54. The average Bonchev–Trinajstić information content (AvgIpc) is 2.74. The number of nitrogens with one attached hydrogen (secondary N) is 2. The van der Waals surface area contributed by atoms with Crippen molar-refractivity contribution in [2.75, 3.05) is 10.6 Å². The largest absolute Gasteiger partial charge is 0.545 e. The lowest BCUT2D eigenvalue weighted by Gasteiger charge is -2.12. The fourth-order valence-electron chi connectivity index (χ4n) is 2.75. The molecule has 0 bridgehead atoms. The number of esters is 1. The third-order valence-corrected chi connectivity index (χ3v) is 4.15. The highest BCUT2D eigenvalue weighted by molar-refractivity contribution is 6.12. The van der Waals surface area contributed by atoms with E-state index in [-0.39, 0.29) is 22.5 Å². The van der Waals surface area contributed by atoms with Gasteiger partial charge in [-0.3, -0.25) is 14.4 Å². The molecule has 3 aromatic rings. The van der Waals surface area contributed by atoms with Crippen molar-refractivity contribution in [1.82, 2.24) is 0 Å². The van der Waals surface area contributed by atoms with Gasteiger partial charge >= 0.3 is 5.97 Å². The molecule has 0 saturated heterocycles. The summed E-state index contributed by atoms with van der Waals surface area (Å²) in [6.07, 6.45) is 0. The number of aromatic carboxylic acids is 1. The summed E-state index contributed by atoms with van der Waals surface area (Å²) in [5.41, 5.74) is 0.953. The molecule has 0 unspecified atom stereocenters. The molecule has 0 radical (unpaired) electrons. The highest BCUT2D eigenvalue weighted by Crippen LogP contribution is 2.20. The van der Waals surface area contributed by atoms with Crippen molar-refractivity contribution in [3.8, 4) is 5.75 Å². The lowest BCUT2D eigenvalue weighted by atomic mass is 10.1. The zero-order valence-corrected chi connectivity index (χ0v) is 16.4. The molecule has 2 amide bonds. The number of para-hydroxylation sites is 1. The van der Waals surface area contributed by atoms with Gasteiger partial charge in [0.25, 0.3) is 11.8 Å². The zero-order chi connectivity index (χ0) is 22.4. The first-order valence-corrected chi connectivity index (χ1v) is 9.15. The van der Waals surface area contributed by atoms with E-state index in [2.05, 4.69) is 10.6 Å². The molecular formula is C23H17N2O6-. The number of hydrogen-bond acceptors (Lipinski definition) is 6. The third-order valence-electron chi connectivity index (χ3n) is 4.15. The maximum Gasteiger partial charge on any atom is 0.308 e. The topological polar surface area (TPSA) is 125 Å². The minimum Gasteiger partial charge on any atom is -0.545 e. The molecule has 3 rings (SSSR count). The van der Waals surface area contributed by atoms with Gasteiger partial charge in [0.1, 0.15) is 5.75 Å². The van der Waals surface area contributed by atoms with Crippen LogP contribution in [-0.2, 0) is 4.79 Å². The molecule has 0 aromatic heterocycles. The second kappa shape index (κ2) is 9.36. The van der Waals surface area contributed by atoms with Crippen LogP contribution < -0.4 is 20.5 Å². The van der Waals surface area contributed by atoms with Gasteiger partial charge in [0, 0.05) is 18.2 Å². The number of rotatable bonds is 6. The Morgan fingerprint density at radius 1 is 0.774 bits per heavy atom. The number of carbonyl (C=O) groups excluding carboxylic acids is 4. The van der Waals surface area contributed by atoms with Gasteiger partial charge in [-0.05, 0) is 54.1 Å². The van der Waals surface area contributed by atoms with E-state index in [1.807, 2.05) is 0 Å². The minimum atomic E-state index is -1.36. The number of carbonyl (C=O) groups is 4. The maximum absolute atomic E-state index is 12.7. The summed E-state index contributed by atoms with van der Waals surface area (Å²) in [6.45, 7) is 1.28. The Bertz CT molecular complexity index is 1150. The second-order valence-electron chi connectivity index (χ2n) is 6.44. The van der Waals surface area contributed by atoms with E-state index in [0.717, 1.165) is 0 Å². The average molecular weight is 417 g/mol. The van der Waals surface area contributed by atoms with Crippen LogP contribution in [0.15, 0.2) is 72.8 Å². The highest BCUT2D eigenvalue weighted by atomic mass is 16.5. The number of anilines is 2. The molecule has 3 aromatic carbocycles. The van der Waals surface area contributed by atoms with Crippen molar-refractivity contribution in [2.24, 2.45) is 0 Å². The van der Waals surface area contributed by atoms with E-state index in [1.165, 1.54) is 61.5 Å². The summed E-state index contributed by atoms with van der Waals surface area (Å²) in [5, 5.41) is 16.3. The fourth-order valence-corrected chi connectivity index (χ4v) is 2.75. The molecule has 31 heavy (non-hydrogen) atoms. The summed E-state index contributed by atoms with van der Waals surface area (Å²) in [5.74, 6) is -2.52. The van der Waals surface area contributed by atoms with E-state index in [0.29, 0.717) is 11.3 Å². The second-order valence-corrected chi connectivity index (χ2v) is 6.44. The molecular weight excluding hydrogens is 400 g/mol. The first-order valence-electron chi connectivity index (χ1n) is 9.15. The summed E-state index contributed by atoms with van der Waals surface area (Å²) in [6, 6.07) is 18.0. The molecule has 2 N–H and O–H groups in total. The van der Waals surface area contributed by atoms with Gasteiger partial charge in [-0.15, -0.1) is 0 Å². The Morgan fingerprint density at radius 3 is 2.16 bits per heavy atom. The summed E-state index contributed by atoms with van der Waals surface area (Å²) in [4.78, 5) is 47.3. The SMILES string of the molecule is CC(=O)Oc1ccc(C(=O)Nc2ccccc2C(=O)Nc2cccc(C(=O)[O-])c2)cc1. The smallest absolute Gasteiger partial charge is 0.308 e. The number of carboxylic acid groups (broad SMARTS) is 1. The fraction of sp³-hybridized carbons (Fsp3) is 0.0435. The van der Waals surface area contributed by atoms with Crippen LogP contribution in [0.1, 0.15) is 38.0 Å².